The summed E-state index contributed by atoms with van der Waals surface area (Å²) < 4.78 is 1.11. The number of fused-ring (bicyclic) bond motifs is 1. The van der Waals surface area contributed by atoms with Crippen LogP contribution in [-0.2, 0) is 17.9 Å². The van der Waals surface area contributed by atoms with Gasteiger partial charge in [-0.2, -0.15) is 0 Å². The second kappa shape index (κ2) is 11.5. The van der Waals surface area contributed by atoms with Crippen molar-refractivity contribution >= 4 is 62.5 Å². The van der Waals surface area contributed by atoms with Crippen molar-refractivity contribution in [3.63, 3.8) is 0 Å². The molecule has 0 aliphatic carbocycles. The first-order valence-corrected chi connectivity index (χ1v) is 13.5. The van der Waals surface area contributed by atoms with E-state index in [9.17, 15) is 4.79 Å². The Balaban J connectivity index is 1.13. The molecule has 0 bridgehead atoms. The topological polar surface area (TPSA) is 70.1 Å². The summed E-state index contributed by atoms with van der Waals surface area (Å²) in [4.78, 5) is 23.9. The van der Waals surface area contributed by atoms with Gasteiger partial charge < -0.3 is 10.6 Å². The molecule has 0 radical (unpaired) electrons. The number of hydrogen-bond donors (Lipinski definition) is 2. The molecule has 0 saturated carbocycles. The molecule has 36 heavy (non-hydrogen) atoms. The van der Waals surface area contributed by atoms with Crippen molar-refractivity contribution in [2.24, 2.45) is 5.92 Å². The lowest BCUT2D eigenvalue weighted by molar-refractivity contribution is -0.121. The van der Waals surface area contributed by atoms with Crippen LogP contribution in [0.25, 0.3) is 10.9 Å². The van der Waals surface area contributed by atoms with Crippen molar-refractivity contribution in [1.82, 2.24) is 14.9 Å². The quantitative estimate of drug-likeness (QED) is 0.188. The van der Waals surface area contributed by atoms with Crippen LogP contribution in [0.5, 0.6) is 0 Å². The Morgan fingerprint density at radius 1 is 0.972 bits per heavy atom. The summed E-state index contributed by atoms with van der Waals surface area (Å²) in [6.07, 6.45) is 1.77. The molecule has 0 atom stereocenters. The number of piperidine rings is 1. The predicted molar refractivity (Wildman–Crippen MR) is 154 cm³/mol. The number of nitrogens with zero attached hydrogens (tertiary/aromatic N) is 3. The van der Waals surface area contributed by atoms with Gasteiger partial charge in [0.25, 0.3) is 0 Å². The zero-order valence-electron chi connectivity index (χ0n) is 19.8. The van der Waals surface area contributed by atoms with Gasteiger partial charge in [-0.3, -0.25) is 9.69 Å². The van der Waals surface area contributed by atoms with E-state index in [0.29, 0.717) is 12.4 Å². The SMILES string of the molecule is O=C(Nc1ccc(CNc2nc(Cl)nc3ccc(I)cc23)cc1)C1CCN(Cc2ccccc2)CC1. The van der Waals surface area contributed by atoms with Crippen LogP contribution in [0.15, 0.2) is 72.8 Å². The Kier molecular flexibility index (Phi) is 7.99. The van der Waals surface area contributed by atoms with Gasteiger partial charge in [-0.1, -0.05) is 42.5 Å². The largest absolute Gasteiger partial charge is 0.365 e. The van der Waals surface area contributed by atoms with E-state index >= 15 is 0 Å². The molecule has 2 N–H and O–H groups in total. The fraction of sp³-hybridized carbons (Fsp3) is 0.250. The summed E-state index contributed by atoms with van der Waals surface area (Å²) >= 11 is 8.39. The standard InChI is InChI=1S/C28H27ClIN5O/c29-28-33-25-11-8-22(30)16-24(25)26(34-28)31-17-19-6-9-23(10-7-19)32-27(36)21-12-14-35(15-13-21)18-20-4-2-1-3-5-20/h1-11,16,21H,12-15,17-18H2,(H,32,36)(H,31,33,34). The van der Waals surface area contributed by atoms with Gasteiger partial charge in [-0.05, 0) is 102 Å². The monoisotopic (exact) mass is 611 g/mol. The molecular weight excluding hydrogens is 585 g/mol. The number of likely N-dealkylation sites (tertiary alicyclic amines) is 1. The molecule has 1 fully saturated rings. The molecule has 3 aromatic carbocycles. The number of aromatic nitrogens is 2. The maximum absolute atomic E-state index is 12.8. The third-order valence-corrected chi connectivity index (χ3v) is 7.36. The second-order valence-corrected chi connectivity index (χ2v) is 10.7. The minimum atomic E-state index is 0.0527. The lowest BCUT2D eigenvalue weighted by atomic mass is 9.95. The van der Waals surface area contributed by atoms with Gasteiger partial charge in [-0.15, -0.1) is 0 Å². The fourth-order valence-corrected chi connectivity index (χ4v) is 5.20. The van der Waals surface area contributed by atoms with Crippen molar-refractivity contribution < 1.29 is 4.79 Å². The number of rotatable bonds is 7. The minimum absolute atomic E-state index is 0.0527. The van der Waals surface area contributed by atoms with Crippen LogP contribution in [0.4, 0.5) is 11.5 Å². The first-order chi connectivity index (χ1) is 17.5. The van der Waals surface area contributed by atoms with Crippen molar-refractivity contribution in [2.75, 3.05) is 23.7 Å². The predicted octanol–water partition coefficient (Wildman–Crippen LogP) is 6.35. The number of amides is 1. The van der Waals surface area contributed by atoms with Crippen molar-refractivity contribution in [3.8, 4) is 0 Å². The molecular formula is C28H27ClIN5O. The first-order valence-electron chi connectivity index (χ1n) is 12.1. The van der Waals surface area contributed by atoms with Crippen LogP contribution >= 0.6 is 34.2 Å². The van der Waals surface area contributed by atoms with Gasteiger partial charge in [0.1, 0.15) is 5.82 Å². The third-order valence-electron chi connectivity index (χ3n) is 6.52. The van der Waals surface area contributed by atoms with Crippen molar-refractivity contribution in [3.05, 3.63) is 92.8 Å². The van der Waals surface area contributed by atoms with Gasteiger partial charge in [0.15, 0.2) is 0 Å². The van der Waals surface area contributed by atoms with Gasteiger partial charge in [0.05, 0.1) is 5.52 Å². The van der Waals surface area contributed by atoms with Crippen LogP contribution in [-0.4, -0.2) is 33.9 Å². The number of nitrogens with one attached hydrogen (secondary N) is 2. The van der Waals surface area contributed by atoms with Crippen LogP contribution in [0.1, 0.15) is 24.0 Å². The summed E-state index contributed by atoms with van der Waals surface area (Å²) in [6, 6.07) is 24.4. The number of anilines is 2. The van der Waals surface area contributed by atoms with E-state index in [4.69, 9.17) is 11.6 Å². The summed E-state index contributed by atoms with van der Waals surface area (Å²) in [5.41, 5.74) is 4.03. The average molecular weight is 612 g/mol. The second-order valence-electron chi connectivity index (χ2n) is 9.08. The summed E-state index contributed by atoms with van der Waals surface area (Å²) in [7, 11) is 0. The smallest absolute Gasteiger partial charge is 0.227 e. The maximum Gasteiger partial charge on any atom is 0.227 e. The van der Waals surface area contributed by atoms with E-state index in [1.807, 2.05) is 48.5 Å². The highest BCUT2D eigenvalue weighted by Crippen LogP contribution is 2.25. The fourth-order valence-electron chi connectivity index (χ4n) is 4.54. The van der Waals surface area contributed by atoms with E-state index in [0.717, 1.165) is 58.2 Å². The van der Waals surface area contributed by atoms with Gasteiger partial charge in [0, 0.05) is 33.7 Å². The lowest BCUT2D eigenvalue weighted by Gasteiger charge is -2.31. The van der Waals surface area contributed by atoms with Gasteiger partial charge in [-0.25, -0.2) is 9.97 Å². The molecule has 5 rings (SSSR count). The van der Waals surface area contributed by atoms with E-state index in [2.05, 4.69) is 72.4 Å². The Morgan fingerprint density at radius 2 is 1.72 bits per heavy atom. The zero-order chi connectivity index (χ0) is 24.9. The molecule has 184 valence electrons. The third kappa shape index (κ3) is 6.32. The van der Waals surface area contributed by atoms with E-state index < -0.39 is 0 Å². The normalized spacial score (nSPS) is 14.6. The van der Waals surface area contributed by atoms with Gasteiger partial charge >= 0.3 is 0 Å². The molecule has 0 spiro atoms. The molecule has 0 unspecified atom stereocenters. The maximum atomic E-state index is 12.8. The highest BCUT2D eigenvalue weighted by atomic mass is 127. The average Bonchev–Trinajstić information content (AvgIpc) is 2.89. The molecule has 6 nitrogen and oxygen atoms in total. The number of hydrogen-bond acceptors (Lipinski definition) is 5. The summed E-state index contributed by atoms with van der Waals surface area (Å²) in [6.45, 7) is 3.42. The van der Waals surface area contributed by atoms with Crippen LogP contribution in [0, 0.1) is 9.49 Å². The van der Waals surface area contributed by atoms with E-state index in [-0.39, 0.29) is 17.1 Å². The molecule has 1 aliphatic rings. The Morgan fingerprint density at radius 3 is 2.47 bits per heavy atom. The Labute approximate surface area is 229 Å². The first kappa shape index (κ1) is 24.9. The molecule has 1 aromatic heterocycles. The van der Waals surface area contributed by atoms with Crippen molar-refractivity contribution in [2.45, 2.75) is 25.9 Å². The van der Waals surface area contributed by atoms with Crippen molar-refractivity contribution in [1.29, 1.82) is 0 Å². The molecule has 1 aliphatic heterocycles. The number of halogens is 2. The lowest BCUT2D eigenvalue weighted by Crippen LogP contribution is -2.37. The summed E-state index contributed by atoms with van der Waals surface area (Å²) in [5.74, 6) is 0.869. The highest BCUT2D eigenvalue weighted by Gasteiger charge is 2.25. The summed E-state index contributed by atoms with van der Waals surface area (Å²) in [5, 5.41) is 7.63. The molecule has 4 aromatic rings. The molecule has 1 saturated heterocycles. The van der Waals surface area contributed by atoms with Gasteiger partial charge in [0.2, 0.25) is 11.2 Å². The zero-order valence-corrected chi connectivity index (χ0v) is 22.7. The Bertz CT molecular complexity index is 1340. The van der Waals surface area contributed by atoms with E-state index in [1.54, 1.807) is 0 Å². The van der Waals surface area contributed by atoms with Crippen LogP contribution in [0.2, 0.25) is 5.28 Å². The van der Waals surface area contributed by atoms with Crippen LogP contribution < -0.4 is 10.6 Å². The van der Waals surface area contributed by atoms with Crippen LogP contribution in [0.3, 0.4) is 0 Å². The molecule has 2 heterocycles. The minimum Gasteiger partial charge on any atom is -0.365 e. The number of carbonyl (C=O) groups excluding carboxylic acids is 1. The molecule has 8 heteroatoms. The molecule has 1 amide bonds. The van der Waals surface area contributed by atoms with E-state index in [1.165, 1.54) is 5.56 Å². The number of carbonyl (C=O) groups is 1. The highest BCUT2D eigenvalue weighted by molar-refractivity contribution is 14.1. The number of benzene rings is 3. The Hall–Kier alpha value is -2.75.